The standard InChI is InChI=1S/C16H16N2O5S/c1-11-8-14(6-7-15(11)18(20)21)24(22,23)17-13(10-19)9-12-4-2-3-5-16(12)17/h2-8,13,19H,9-10H2,1H3/t13-/m0/s1. The Bertz CT molecular complexity index is 910. The fourth-order valence-electron chi connectivity index (χ4n) is 3.00. The first-order valence-electron chi connectivity index (χ1n) is 7.34. The lowest BCUT2D eigenvalue weighted by Crippen LogP contribution is -2.39. The summed E-state index contributed by atoms with van der Waals surface area (Å²) in [7, 11) is -3.93. The molecule has 0 unspecified atom stereocenters. The molecule has 7 nitrogen and oxygen atoms in total. The summed E-state index contributed by atoms with van der Waals surface area (Å²) < 4.78 is 27.3. The minimum absolute atomic E-state index is 0.0271. The number of rotatable bonds is 4. The van der Waals surface area contributed by atoms with Gasteiger partial charge < -0.3 is 5.11 Å². The van der Waals surface area contributed by atoms with Gasteiger partial charge in [0.15, 0.2) is 0 Å². The monoisotopic (exact) mass is 348 g/mol. The molecule has 0 aromatic heterocycles. The zero-order valence-electron chi connectivity index (χ0n) is 12.9. The number of aliphatic hydroxyl groups excluding tert-OH is 1. The number of benzene rings is 2. The number of aryl methyl sites for hydroxylation is 1. The van der Waals surface area contributed by atoms with E-state index < -0.39 is 21.0 Å². The SMILES string of the molecule is Cc1cc(S(=O)(=O)N2c3ccccc3C[C@H]2CO)ccc1[N+](=O)[O-]. The van der Waals surface area contributed by atoms with Crippen molar-refractivity contribution < 1.29 is 18.4 Å². The van der Waals surface area contributed by atoms with Gasteiger partial charge in [-0.2, -0.15) is 0 Å². The van der Waals surface area contributed by atoms with E-state index in [1.54, 1.807) is 12.1 Å². The molecular weight excluding hydrogens is 332 g/mol. The number of nitrogens with zero attached hydrogens (tertiary/aromatic N) is 2. The van der Waals surface area contributed by atoms with Crippen LogP contribution in [-0.2, 0) is 16.4 Å². The van der Waals surface area contributed by atoms with Crippen molar-refractivity contribution in [3.8, 4) is 0 Å². The fraction of sp³-hybridized carbons (Fsp3) is 0.250. The second-order valence-corrected chi connectivity index (χ2v) is 7.49. The smallest absolute Gasteiger partial charge is 0.272 e. The molecule has 1 heterocycles. The lowest BCUT2D eigenvalue weighted by molar-refractivity contribution is -0.385. The van der Waals surface area contributed by atoms with Crippen molar-refractivity contribution in [1.29, 1.82) is 0 Å². The summed E-state index contributed by atoms with van der Waals surface area (Å²) in [6, 6.07) is 10.2. The molecule has 2 aromatic carbocycles. The number of sulfonamides is 1. The van der Waals surface area contributed by atoms with Gasteiger partial charge in [-0.25, -0.2) is 8.42 Å². The van der Waals surface area contributed by atoms with Crippen LogP contribution in [0.25, 0.3) is 0 Å². The maximum Gasteiger partial charge on any atom is 0.272 e. The molecule has 0 bridgehead atoms. The molecular formula is C16H16N2O5S. The molecule has 8 heteroatoms. The van der Waals surface area contributed by atoms with Crippen LogP contribution in [0.15, 0.2) is 47.4 Å². The first-order chi connectivity index (χ1) is 11.4. The molecule has 1 aliphatic rings. The number of nitro groups is 1. The highest BCUT2D eigenvalue weighted by molar-refractivity contribution is 7.92. The highest BCUT2D eigenvalue weighted by Crippen LogP contribution is 2.37. The third-order valence-corrected chi connectivity index (χ3v) is 6.01. The van der Waals surface area contributed by atoms with E-state index in [4.69, 9.17) is 0 Å². The number of fused-ring (bicyclic) bond motifs is 1. The van der Waals surface area contributed by atoms with Crippen LogP contribution in [0, 0.1) is 17.0 Å². The molecule has 0 spiro atoms. The summed E-state index contributed by atoms with van der Waals surface area (Å²) in [5, 5.41) is 20.5. The first kappa shape index (κ1) is 16.4. The molecule has 0 fully saturated rings. The van der Waals surface area contributed by atoms with E-state index in [1.807, 2.05) is 12.1 Å². The van der Waals surface area contributed by atoms with E-state index in [0.29, 0.717) is 12.1 Å². The van der Waals surface area contributed by atoms with Gasteiger partial charge in [-0.1, -0.05) is 18.2 Å². The van der Waals surface area contributed by atoms with Gasteiger partial charge >= 0.3 is 0 Å². The Morgan fingerprint density at radius 2 is 2.00 bits per heavy atom. The maximum absolute atomic E-state index is 13.0. The minimum Gasteiger partial charge on any atom is -0.394 e. The molecule has 1 atom stereocenters. The molecule has 0 radical (unpaired) electrons. The first-order valence-corrected chi connectivity index (χ1v) is 8.78. The van der Waals surface area contributed by atoms with E-state index in [2.05, 4.69) is 0 Å². The van der Waals surface area contributed by atoms with Crippen molar-refractivity contribution in [3.05, 3.63) is 63.7 Å². The van der Waals surface area contributed by atoms with Crippen LogP contribution in [0.4, 0.5) is 11.4 Å². The van der Waals surface area contributed by atoms with Gasteiger partial charge in [0.1, 0.15) is 0 Å². The van der Waals surface area contributed by atoms with Gasteiger partial charge in [0.2, 0.25) is 0 Å². The molecule has 2 aromatic rings. The van der Waals surface area contributed by atoms with Crippen molar-refractivity contribution in [2.75, 3.05) is 10.9 Å². The molecule has 0 saturated heterocycles. The Hall–Kier alpha value is -2.45. The Labute approximate surface area is 139 Å². The van der Waals surface area contributed by atoms with Gasteiger partial charge in [-0.3, -0.25) is 14.4 Å². The average molecular weight is 348 g/mol. The molecule has 0 amide bonds. The van der Waals surface area contributed by atoms with E-state index in [1.165, 1.54) is 29.4 Å². The molecule has 24 heavy (non-hydrogen) atoms. The number of nitro benzene ring substituents is 1. The average Bonchev–Trinajstić information content (AvgIpc) is 2.93. The van der Waals surface area contributed by atoms with Crippen LogP contribution in [0.5, 0.6) is 0 Å². The largest absolute Gasteiger partial charge is 0.394 e. The molecule has 1 aliphatic heterocycles. The van der Waals surface area contributed by atoms with Crippen LogP contribution in [0.3, 0.4) is 0 Å². The maximum atomic E-state index is 13.0. The number of anilines is 1. The Morgan fingerprint density at radius 3 is 2.62 bits per heavy atom. The molecule has 0 saturated carbocycles. The predicted molar refractivity (Wildman–Crippen MR) is 88.5 cm³/mol. The van der Waals surface area contributed by atoms with Gasteiger partial charge in [0.25, 0.3) is 15.7 Å². The molecule has 126 valence electrons. The van der Waals surface area contributed by atoms with Crippen molar-refractivity contribution in [3.63, 3.8) is 0 Å². The predicted octanol–water partition coefficient (Wildman–Crippen LogP) is 2.02. The Kier molecular flexibility index (Phi) is 4.02. The lowest BCUT2D eigenvalue weighted by Gasteiger charge is -2.25. The van der Waals surface area contributed by atoms with Crippen LogP contribution in [-0.4, -0.2) is 31.1 Å². The van der Waals surface area contributed by atoms with Crippen LogP contribution < -0.4 is 4.31 Å². The topological polar surface area (TPSA) is 101 Å². The number of hydrogen-bond acceptors (Lipinski definition) is 5. The van der Waals surface area contributed by atoms with Crippen molar-refractivity contribution in [2.24, 2.45) is 0 Å². The second kappa shape index (κ2) is 5.88. The van der Waals surface area contributed by atoms with E-state index in [0.717, 1.165) is 5.56 Å². The van der Waals surface area contributed by atoms with Gasteiger partial charge in [0.05, 0.1) is 28.2 Å². The highest BCUT2D eigenvalue weighted by Gasteiger charge is 2.38. The Balaban J connectivity index is 2.10. The normalized spacial score (nSPS) is 16.9. The molecule has 3 rings (SSSR count). The number of aliphatic hydroxyl groups is 1. The van der Waals surface area contributed by atoms with Gasteiger partial charge in [-0.15, -0.1) is 0 Å². The van der Waals surface area contributed by atoms with E-state index in [9.17, 15) is 23.6 Å². The molecule has 1 N–H and O–H groups in total. The lowest BCUT2D eigenvalue weighted by atomic mass is 10.1. The third kappa shape index (κ3) is 2.53. The Morgan fingerprint density at radius 1 is 1.29 bits per heavy atom. The molecule has 0 aliphatic carbocycles. The number of para-hydroxylation sites is 1. The number of hydrogen-bond donors (Lipinski definition) is 1. The summed E-state index contributed by atoms with van der Waals surface area (Å²) in [6.07, 6.45) is 0.428. The zero-order chi connectivity index (χ0) is 17.5. The highest BCUT2D eigenvalue weighted by atomic mass is 32.2. The van der Waals surface area contributed by atoms with Crippen LogP contribution >= 0.6 is 0 Å². The third-order valence-electron chi connectivity index (χ3n) is 4.15. The van der Waals surface area contributed by atoms with Crippen molar-refractivity contribution >= 4 is 21.4 Å². The summed E-state index contributed by atoms with van der Waals surface area (Å²) in [4.78, 5) is 10.3. The van der Waals surface area contributed by atoms with Crippen molar-refractivity contribution in [2.45, 2.75) is 24.3 Å². The van der Waals surface area contributed by atoms with Gasteiger partial charge in [-0.05, 0) is 37.1 Å². The quantitative estimate of drug-likeness (QED) is 0.673. The fourth-order valence-corrected chi connectivity index (χ4v) is 4.77. The second-order valence-electron chi connectivity index (χ2n) is 5.68. The van der Waals surface area contributed by atoms with Gasteiger partial charge in [0, 0.05) is 11.6 Å². The summed E-state index contributed by atoms with van der Waals surface area (Å²) in [6.45, 7) is 1.19. The van der Waals surface area contributed by atoms with E-state index in [-0.39, 0.29) is 22.8 Å². The van der Waals surface area contributed by atoms with Crippen LogP contribution in [0.1, 0.15) is 11.1 Å². The van der Waals surface area contributed by atoms with Crippen LogP contribution in [0.2, 0.25) is 0 Å². The van der Waals surface area contributed by atoms with E-state index >= 15 is 0 Å². The zero-order valence-corrected chi connectivity index (χ0v) is 13.7. The summed E-state index contributed by atoms with van der Waals surface area (Å²) in [5.41, 5.74) is 1.52. The summed E-state index contributed by atoms with van der Waals surface area (Å²) in [5.74, 6) is 0. The summed E-state index contributed by atoms with van der Waals surface area (Å²) >= 11 is 0. The van der Waals surface area contributed by atoms with Crippen molar-refractivity contribution in [1.82, 2.24) is 0 Å². The minimum atomic E-state index is -3.93.